The zero-order valence-electron chi connectivity index (χ0n) is 8.48. The standard InChI is InChI=1S/C10H13ClN2O2/c1-15-8-4-13(5-8)10-2-7(6-14)9(11)3-12-10/h2-3,8,14H,4-6H2,1H3. The maximum Gasteiger partial charge on any atom is 0.129 e. The highest BCUT2D eigenvalue weighted by molar-refractivity contribution is 6.31. The second-order valence-electron chi connectivity index (χ2n) is 3.55. The number of ether oxygens (including phenoxy) is 1. The van der Waals surface area contributed by atoms with E-state index in [1.165, 1.54) is 0 Å². The van der Waals surface area contributed by atoms with Crippen LogP contribution in [0.2, 0.25) is 5.02 Å². The van der Waals surface area contributed by atoms with Gasteiger partial charge in [-0.15, -0.1) is 0 Å². The summed E-state index contributed by atoms with van der Waals surface area (Å²) in [4.78, 5) is 6.29. The second kappa shape index (κ2) is 4.35. The summed E-state index contributed by atoms with van der Waals surface area (Å²) in [6, 6.07) is 1.81. The van der Waals surface area contributed by atoms with E-state index in [-0.39, 0.29) is 6.61 Å². The first-order valence-corrected chi connectivity index (χ1v) is 5.15. The molecule has 4 nitrogen and oxygen atoms in total. The van der Waals surface area contributed by atoms with E-state index >= 15 is 0 Å². The first-order chi connectivity index (χ1) is 7.24. The van der Waals surface area contributed by atoms with Gasteiger partial charge in [0.2, 0.25) is 0 Å². The number of nitrogens with zero attached hydrogens (tertiary/aromatic N) is 2. The normalized spacial score (nSPS) is 16.6. The fourth-order valence-corrected chi connectivity index (χ4v) is 1.70. The molecule has 5 heteroatoms. The molecule has 1 saturated heterocycles. The highest BCUT2D eigenvalue weighted by atomic mass is 35.5. The van der Waals surface area contributed by atoms with Crippen molar-refractivity contribution in [2.45, 2.75) is 12.7 Å². The Bertz CT molecular complexity index is 353. The number of aromatic nitrogens is 1. The Morgan fingerprint density at radius 3 is 3.00 bits per heavy atom. The lowest BCUT2D eigenvalue weighted by Crippen LogP contribution is -2.52. The fourth-order valence-electron chi connectivity index (χ4n) is 1.54. The van der Waals surface area contributed by atoms with Crippen molar-refractivity contribution in [1.29, 1.82) is 0 Å². The molecule has 0 aromatic carbocycles. The summed E-state index contributed by atoms with van der Waals surface area (Å²) >= 11 is 5.85. The molecule has 0 radical (unpaired) electrons. The van der Waals surface area contributed by atoms with Crippen LogP contribution in [-0.4, -0.2) is 36.4 Å². The molecule has 1 fully saturated rings. The smallest absolute Gasteiger partial charge is 0.129 e. The largest absolute Gasteiger partial charge is 0.392 e. The fraction of sp³-hybridized carbons (Fsp3) is 0.500. The van der Waals surface area contributed by atoms with Gasteiger partial charge in [0.15, 0.2) is 0 Å². The molecule has 82 valence electrons. The summed E-state index contributed by atoms with van der Waals surface area (Å²) in [5, 5.41) is 9.56. The van der Waals surface area contributed by atoms with Crippen LogP contribution in [-0.2, 0) is 11.3 Å². The van der Waals surface area contributed by atoms with Crippen LogP contribution in [0.4, 0.5) is 5.82 Å². The molecule has 1 aromatic heterocycles. The number of pyridine rings is 1. The van der Waals surface area contributed by atoms with Crippen LogP contribution >= 0.6 is 11.6 Å². The third-order valence-electron chi connectivity index (χ3n) is 2.60. The van der Waals surface area contributed by atoms with Gasteiger partial charge in [-0.3, -0.25) is 0 Å². The average Bonchev–Trinajstić information content (AvgIpc) is 2.19. The zero-order chi connectivity index (χ0) is 10.8. The average molecular weight is 229 g/mol. The van der Waals surface area contributed by atoms with E-state index < -0.39 is 0 Å². The number of aliphatic hydroxyl groups excluding tert-OH is 1. The highest BCUT2D eigenvalue weighted by Crippen LogP contribution is 2.24. The monoisotopic (exact) mass is 228 g/mol. The Balaban J connectivity index is 2.10. The highest BCUT2D eigenvalue weighted by Gasteiger charge is 2.27. The van der Waals surface area contributed by atoms with E-state index in [1.807, 2.05) is 6.07 Å². The number of halogens is 1. The van der Waals surface area contributed by atoms with E-state index in [0.29, 0.717) is 16.7 Å². The van der Waals surface area contributed by atoms with Gasteiger partial charge in [0.05, 0.1) is 17.7 Å². The molecule has 2 heterocycles. The summed E-state index contributed by atoms with van der Waals surface area (Å²) < 4.78 is 5.17. The van der Waals surface area contributed by atoms with Crippen molar-refractivity contribution in [3.05, 3.63) is 22.8 Å². The van der Waals surface area contributed by atoms with Crippen LogP contribution in [0.1, 0.15) is 5.56 Å². The van der Waals surface area contributed by atoms with Gasteiger partial charge < -0.3 is 14.7 Å². The van der Waals surface area contributed by atoms with Crippen LogP contribution in [0.3, 0.4) is 0 Å². The number of aliphatic hydroxyl groups is 1. The van der Waals surface area contributed by atoms with E-state index in [2.05, 4.69) is 9.88 Å². The first kappa shape index (κ1) is 10.7. The van der Waals surface area contributed by atoms with Crippen LogP contribution in [0.25, 0.3) is 0 Å². The minimum absolute atomic E-state index is 0.0596. The van der Waals surface area contributed by atoms with Crippen molar-refractivity contribution in [1.82, 2.24) is 4.98 Å². The van der Waals surface area contributed by atoms with E-state index in [0.717, 1.165) is 18.9 Å². The lowest BCUT2D eigenvalue weighted by molar-refractivity contribution is 0.0783. The van der Waals surface area contributed by atoms with Crippen molar-refractivity contribution >= 4 is 17.4 Å². The van der Waals surface area contributed by atoms with Crippen LogP contribution in [0.15, 0.2) is 12.3 Å². The van der Waals surface area contributed by atoms with E-state index in [1.54, 1.807) is 13.3 Å². The Kier molecular flexibility index (Phi) is 3.09. The van der Waals surface area contributed by atoms with Crippen LogP contribution < -0.4 is 4.90 Å². The quantitative estimate of drug-likeness (QED) is 0.841. The van der Waals surface area contributed by atoms with Gasteiger partial charge in [-0.2, -0.15) is 0 Å². The molecule has 0 amide bonds. The maximum atomic E-state index is 9.06. The molecule has 15 heavy (non-hydrogen) atoms. The molecule has 0 aliphatic carbocycles. The molecule has 1 N–H and O–H groups in total. The SMILES string of the molecule is COC1CN(c2cc(CO)c(Cl)cn2)C1. The molecular formula is C10H13ClN2O2. The molecule has 1 aliphatic heterocycles. The van der Waals surface area contributed by atoms with Gasteiger partial charge in [0, 0.05) is 32.0 Å². The van der Waals surface area contributed by atoms with Gasteiger partial charge in [-0.1, -0.05) is 11.6 Å². The topological polar surface area (TPSA) is 45.6 Å². The van der Waals surface area contributed by atoms with Crippen molar-refractivity contribution < 1.29 is 9.84 Å². The summed E-state index contributed by atoms with van der Waals surface area (Å²) in [7, 11) is 1.70. The molecule has 0 unspecified atom stereocenters. The van der Waals surface area contributed by atoms with Gasteiger partial charge in [0.25, 0.3) is 0 Å². The second-order valence-corrected chi connectivity index (χ2v) is 3.96. The van der Waals surface area contributed by atoms with Crippen LogP contribution in [0.5, 0.6) is 0 Å². The summed E-state index contributed by atoms with van der Waals surface area (Å²) in [5.41, 5.74) is 0.711. The molecule has 0 bridgehead atoms. The minimum Gasteiger partial charge on any atom is -0.392 e. The molecule has 0 spiro atoms. The Labute approximate surface area is 93.4 Å². The maximum absolute atomic E-state index is 9.06. The first-order valence-electron chi connectivity index (χ1n) is 4.77. The van der Waals surface area contributed by atoms with Gasteiger partial charge in [-0.25, -0.2) is 4.98 Å². The molecular weight excluding hydrogens is 216 g/mol. The number of anilines is 1. The van der Waals surface area contributed by atoms with Crippen LogP contribution in [0, 0.1) is 0 Å². The predicted molar refractivity (Wildman–Crippen MR) is 58.2 cm³/mol. The summed E-state index contributed by atoms with van der Waals surface area (Å²) in [6.07, 6.45) is 1.86. The lowest BCUT2D eigenvalue weighted by atomic mass is 10.1. The number of hydrogen-bond acceptors (Lipinski definition) is 4. The van der Waals surface area contributed by atoms with Crippen molar-refractivity contribution in [3.8, 4) is 0 Å². The molecule has 1 aromatic rings. The molecule has 2 rings (SSSR count). The molecule has 1 aliphatic rings. The number of hydrogen-bond donors (Lipinski definition) is 1. The third kappa shape index (κ3) is 2.07. The Morgan fingerprint density at radius 2 is 2.40 bits per heavy atom. The number of rotatable bonds is 3. The summed E-state index contributed by atoms with van der Waals surface area (Å²) in [6.45, 7) is 1.63. The Hall–Kier alpha value is -0.840. The number of methoxy groups -OCH3 is 1. The predicted octanol–water partition coefficient (Wildman–Crippen LogP) is 1.06. The third-order valence-corrected chi connectivity index (χ3v) is 2.94. The van der Waals surface area contributed by atoms with E-state index in [9.17, 15) is 0 Å². The molecule has 0 atom stereocenters. The Morgan fingerprint density at radius 1 is 1.67 bits per heavy atom. The summed E-state index contributed by atoms with van der Waals surface area (Å²) in [5.74, 6) is 0.844. The van der Waals surface area contributed by atoms with Crippen molar-refractivity contribution in [2.75, 3.05) is 25.1 Å². The van der Waals surface area contributed by atoms with E-state index in [4.69, 9.17) is 21.4 Å². The zero-order valence-corrected chi connectivity index (χ0v) is 9.24. The van der Waals surface area contributed by atoms with Crippen molar-refractivity contribution in [2.24, 2.45) is 0 Å². The van der Waals surface area contributed by atoms with Gasteiger partial charge in [0.1, 0.15) is 5.82 Å². The van der Waals surface area contributed by atoms with Crippen molar-refractivity contribution in [3.63, 3.8) is 0 Å². The molecule has 0 saturated carbocycles. The van der Waals surface area contributed by atoms with Gasteiger partial charge in [-0.05, 0) is 6.07 Å². The van der Waals surface area contributed by atoms with Gasteiger partial charge >= 0.3 is 0 Å². The lowest BCUT2D eigenvalue weighted by Gasteiger charge is -2.39. The minimum atomic E-state index is -0.0596.